The van der Waals surface area contributed by atoms with Gasteiger partial charge in [0, 0.05) is 0 Å². The summed E-state index contributed by atoms with van der Waals surface area (Å²) in [4.78, 5) is 0. The van der Waals surface area contributed by atoms with Crippen molar-refractivity contribution in [2.24, 2.45) is 0 Å². The average molecular weight is 298 g/mol. The summed E-state index contributed by atoms with van der Waals surface area (Å²) in [6, 6.07) is 30.9. The normalized spacial score (nSPS) is 11.1. The smallest absolute Gasteiger partial charge is 0.0171 e. The van der Waals surface area contributed by atoms with Gasteiger partial charge in [-0.15, -0.1) is 0 Å². The predicted molar refractivity (Wildman–Crippen MR) is 99.0 cm³/mol. The summed E-state index contributed by atoms with van der Waals surface area (Å²) in [5, 5.41) is 10.4. The maximum atomic E-state index is 2.31. The van der Waals surface area contributed by atoms with Gasteiger partial charge in [0.1, 0.15) is 0 Å². The molecule has 0 N–H and O–H groups in total. The van der Waals surface area contributed by atoms with Gasteiger partial charge in [-0.25, -0.2) is 0 Å². The Labute approximate surface area is 133 Å². The van der Waals surface area contributed by atoms with Crippen molar-refractivity contribution in [1.82, 2.24) is 0 Å². The summed E-state index contributed by atoms with van der Waals surface area (Å²) < 4.78 is 0. The molecule has 0 fully saturated rings. The Morgan fingerprint density at radius 1 is 0.304 bits per heavy atom. The number of rotatable bonds is 0. The van der Waals surface area contributed by atoms with E-state index in [4.69, 9.17) is 0 Å². The number of hydrogen-bond donors (Lipinski definition) is 0. The minimum atomic E-state index is 0. The maximum absolute atomic E-state index is 2.31. The lowest BCUT2D eigenvalue weighted by Crippen LogP contribution is -1.80. The van der Waals surface area contributed by atoms with Crippen molar-refractivity contribution in [3.8, 4) is 0 Å². The summed E-state index contributed by atoms with van der Waals surface area (Å²) in [5.41, 5.74) is 0. The van der Waals surface area contributed by atoms with E-state index in [1.54, 1.807) is 0 Å². The minimum absolute atomic E-state index is 0. The van der Waals surface area contributed by atoms with Crippen molar-refractivity contribution >= 4 is 43.1 Å². The van der Waals surface area contributed by atoms with Gasteiger partial charge >= 0.3 is 0 Å². The van der Waals surface area contributed by atoms with E-state index < -0.39 is 0 Å². The monoisotopic (exact) mass is 298 g/mol. The van der Waals surface area contributed by atoms with Crippen LogP contribution in [0.3, 0.4) is 0 Å². The van der Waals surface area contributed by atoms with Gasteiger partial charge in [-0.1, -0.05) is 48.5 Å². The molecule has 0 saturated carbocycles. The highest BCUT2D eigenvalue weighted by Gasteiger charge is 2.02. The average Bonchev–Trinajstić information content (AvgIpc) is 2.56. The molecule has 5 aromatic rings. The number of hydrogen-bond acceptors (Lipinski definition) is 0. The Morgan fingerprint density at radius 2 is 0.522 bits per heavy atom. The predicted octanol–water partition coefficient (Wildman–Crippen LogP) is 6.45. The van der Waals surface area contributed by atoms with E-state index >= 15 is 0 Å². The molecule has 0 unspecified atom stereocenters. The molecule has 0 amide bonds. The Hall–Kier alpha value is -2.93. The molecule has 0 saturated heterocycles. The first-order valence-electron chi connectivity index (χ1n) is 7.62. The first-order chi connectivity index (χ1) is 10.9. The summed E-state index contributed by atoms with van der Waals surface area (Å²) in [6.45, 7) is 0. The third-order valence-corrected chi connectivity index (χ3v) is 4.52. The van der Waals surface area contributed by atoms with Gasteiger partial charge in [-0.2, -0.15) is 0 Å². The maximum Gasteiger partial charge on any atom is -0.0171 e. The molecule has 0 atom stereocenters. The standard InChI is InChI=1S/C22H14.FH/c1-2-6-16-10-20-14-22-12-18-8-4-3-7-17(18)11-21(22)13-19(20)9-15(16)5-1;/h1-14H;1H. The summed E-state index contributed by atoms with van der Waals surface area (Å²) >= 11 is 0. The number of halogens is 1. The van der Waals surface area contributed by atoms with Crippen LogP contribution in [0.2, 0.25) is 0 Å². The van der Waals surface area contributed by atoms with Crippen molar-refractivity contribution in [1.29, 1.82) is 0 Å². The zero-order valence-corrected chi connectivity index (χ0v) is 12.5. The van der Waals surface area contributed by atoms with E-state index in [1.807, 2.05) is 0 Å². The molecule has 1 heteroatoms. The van der Waals surface area contributed by atoms with Crippen molar-refractivity contribution < 1.29 is 4.70 Å². The van der Waals surface area contributed by atoms with Gasteiger partial charge in [0.05, 0.1) is 0 Å². The largest absolute Gasteiger partial charge is 0.269 e. The number of fused-ring (bicyclic) bond motifs is 4. The van der Waals surface area contributed by atoms with Gasteiger partial charge < -0.3 is 0 Å². The van der Waals surface area contributed by atoms with Gasteiger partial charge in [-0.05, 0) is 79.5 Å². The molecule has 0 aromatic heterocycles. The van der Waals surface area contributed by atoms with Crippen molar-refractivity contribution in [3.05, 3.63) is 84.9 Å². The zero-order valence-electron chi connectivity index (χ0n) is 12.5. The van der Waals surface area contributed by atoms with Crippen LogP contribution in [0.4, 0.5) is 4.70 Å². The third-order valence-electron chi connectivity index (χ3n) is 4.52. The van der Waals surface area contributed by atoms with Crippen LogP contribution >= 0.6 is 0 Å². The van der Waals surface area contributed by atoms with E-state index in [-0.39, 0.29) is 4.70 Å². The van der Waals surface area contributed by atoms with Crippen LogP contribution in [0, 0.1) is 0 Å². The molecule has 0 spiro atoms. The highest BCUT2D eigenvalue weighted by molar-refractivity contribution is 6.08. The van der Waals surface area contributed by atoms with Crippen LogP contribution in [0.5, 0.6) is 0 Å². The summed E-state index contributed by atoms with van der Waals surface area (Å²) in [7, 11) is 0. The lowest BCUT2D eigenvalue weighted by Gasteiger charge is -2.07. The van der Waals surface area contributed by atoms with Crippen LogP contribution in [0.25, 0.3) is 43.1 Å². The second kappa shape index (κ2) is 5.06. The molecule has 0 bridgehead atoms. The highest BCUT2D eigenvalue weighted by atomic mass is 19.0. The van der Waals surface area contributed by atoms with Crippen molar-refractivity contribution in [2.75, 3.05) is 0 Å². The molecule has 0 aliphatic heterocycles. The second-order valence-electron chi connectivity index (χ2n) is 5.95. The Bertz CT molecular complexity index is 988. The molecule has 23 heavy (non-hydrogen) atoms. The molecule has 0 nitrogen and oxygen atoms in total. The van der Waals surface area contributed by atoms with E-state index in [0.29, 0.717) is 0 Å². The lowest BCUT2D eigenvalue weighted by molar-refractivity contribution is 1.11. The van der Waals surface area contributed by atoms with E-state index in [2.05, 4.69) is 84.9 Å². The Morgan fingerprint density at radius 3 is 0.783 bits per heavy atom. The Kier molecular flexibility index (Phi) is 3.02. The van der Waals surface area contributed by atoms with Crippen LogP contribution in [-0.2, 0) is 0 Å². The molecule has 110 valence electrons. The van der Waals surface area contributed by atoms with E-state index in [0.717, 1.165) is 0 Å². The van der Waals surface area contributed by atoms with Crippen LogP contribution < -0.4 is 0 Å². The molecule has 0 aliphatic carbocycles. The van der Waals surface area contributed by atoms with E-state index in [1.165, 1.54) is 43.1 Å². The van der Waals surface area contributed by atoms with E-state index in [9.17, 15) is 0 Å². The van der Waals surface area contributed by atoms with Gasteiger partial charge in [0.25, 0.3) is 0 Å². The van der Waals surface area contributed by atoms with Gasteiger partial charge in [0.2, 0.25) is 0 Å². The summed E-state index contributed by atoms with van der Waals surface area (Å²) in [6.07, 6.45) is 0. The first-order valence-corrected chi connectivity index (χ1v) is 7.62. The molecule has 0 radical (unpaired) electrons. The fourth-order valence-electron chi connectivity index (χ4n) is 3.39. The second-order valence-corrected chi connectivity index (χ2v) is 5.95. The van der Waals surface area contributed by atoms with Gasteiger partial charge in [0.15, 0.2) is 0 Å². The minimum Gasteiger partial charge on any atom is -0.269 e. The lowest BCUT2D eigenvalue weighted by atomic mass is 9.97. The highest BCUT2D eigenvalue weighted by Crippen LogP contribution is 2.29. The SMILES string of the molecule is F.c1ccc2cc3cc4cc5ccccc5cc4cc3cc2c1. The quantitative estimate of drug-likeness (QED) is 0.288. The molecular weight excluding hydrogens is 283 g/mol. The van der Waals surface area contributed by atoms with Crippen LogP contribution in [0.15, 0.2) is 84.9 Å². The molecule has 5 rings (SSSR count). The fourth-order valence-corrected chi connectivity index (χ4v) is 3.39. The van der Waals surface area contributed by atoms with Gasteiger partial charge in [-0.3, -0.25) is 4.70 Å². The zero-order chi connectivity index (χ0) is 14.5. The third kappa shape index (κ3) is 2.13. The summed E-state index contributed by atoms with van der Waals surface area (Å²) in [5.74, 6) is 0. The van der Waals surface area contributed by atoms with Crippen molar-refractivity contribution in [3.63, 3.8) is 0 Å². The first kappa shape index (κ1) is 13.7. The number of benzene rings is 5. The molecule has 0 heterocycles. The van der Waals surface area contributed by atoms with Crippen molar-refractivity contribution in [2.45, 2.75) is 0 Å². The van der Waals surface area contributed by atoms with Crippen LogP contribution in [-0.4, -0.2) is 0 Å². The Balaban J connectivity index is 0.00000135. The van der Waals surface area contributed by atoms with Crippen LogP contribution in [0.1, 0.15) is 0 Å². The fraction of sp³-hybridized carbons (Fsp3) is 0. The molecule has 0 aliphatic rings. The topological polar surface area (TPSA) is 0 Å². The molecular formula is C22H15F. The molecule has 5 aromatic carbocycles.